The number of halogens is 3. The van der Waals surface area contributed by atoms with Crippen molar-refractivity contribution < 1.29 is 13.2 Å². The Labute approximate surface area is 133 Å². The molecule has 1 aliphatic carbocycles. The first-order chi connectivity index (χ1) is 11.0. The summed E-state index contributed by atoms with van der Waals surface area (Å²) in [5.74, 6) is 0.0264. The minimum atomic E-state index is -4.04. The normalized spacial score (nSPS) is 22.4. The van der Waals surface area contributed by atoms with Crippen molar-refractivity contribution in [3.63, 3.8) is 0 Å². The third-order valence-corrected chi connectivity index (χ3v) is 4.80. The van der Waals surface area contributed by atoms with Gasteiger partial charge >= 0.3 is 6.18 Å². The van der Waals surface area contributed by atoms with Crippen LogP contribution in [-0.4, -0.2) is 34.2 Å². The topological polar surface area (TPSA) is 44.8 Å². The first-order valence-electron chi connectivity index (χ1n) is 8.08. The Bertz CT molecular complexity index is 644. The molecule has 2 aromatic heterocycles. The van der Waals surface area contributed by atoms with E-state index in [1.165, 1.54) is 6.33 Å². The van der Waals surface area contributed by atoms with Crippen LogP contribution in [0, 0.1) is 11.8 Å². The highest BCUT2D eigenvalue weighted by atomic mass is 19.4. The summed E-state index contributed by atoms with van der Waals surface area (Å²) in [4.78, 5) is 13.8. The molecule has 1 fully saturated rings. The Kier molecular flexibility index (Phi) is 4.46. The van der Waals surface area contributed by atoms with Crippen LogP contribution in [0.15, 0.2) is 18.6 Å². The minimum Gasteiger partial charge on any atom is -0.356 e. The third-order valence-electron chi connectivity index (χ3n) is 4.80. The van der Waals surface area contributed by atoms with Crippen LogP contribution in [-0.2, 0) is 0 Å². The number of nitrogens with zero attached hydrogens (tertiary/aromatic N) is 3. The number of alkyl halides is 3. The molecular weight excluding hydrogens is 305 g/mol. The number of hydrogen-bond donors (Lipinski definition) is 1. The van der Waals surface area contributed by atoms with E-state index < -0.39 is 12.1 Å². The van der Waals surface area contributed by atoms with Gasteiger partial charge in [-0.3, -0.25) is 0 Å². The first kappa shape index (κ1) is 16.1. The molecule has 4 nitrogen and oxygen atoms in total. The monoisotopic (exact) mass is 326 g/mol. The highest BCUT2D eigenvalue weighted by Gasteiger charge is 2.41. The lowest BCUT2D eigenvalue weighted by Crippen LogP contribution is -2.34. The van der Waals surface area contributed by atoms with Crippen LogP contribution >= 0.6 is 0 Å². The van der Waals surface area contributed by atoms with Gasteiger partial charge in [-0.1, -0.05) is 0 Å². The maximum atomic E-state index is 12.8. The fraction of sp³-hybridized carbons (Fsp3) is 0.625. The zero-order chi connectivity index (χ0) is 16.4. The zero-order valence-electron chi connectivity index (χ0n) is 13.1. The van der Waals surface area contributed by atoms with Gasteiger partial charge in [-0.25, -0.2) is 9.97 Å². The maximum absolute atomic E-state index is 12.8. The summed E-state index contributed by atoms with van der Waals surface area (Å²) in [6.07, 6.45) is 1.05. The van der Waals surface area contributed by atoms with Crippen molar-refractivity contribution in [2.75, 3.05) is 18.0 Å². The maximum Gasteiger partial charge on any atom is 0.391 e. The van der Waals surface area contributed by atoms with Crippen LogP contribution in [0.3, 0.4) is 0 Å². The van der Waals surface area contributed by atoms with E-state index in [0.717, 1.165) is 29.9 Å². The summed E-state index contributed by atoms with van der Waals surface area (Å²) >= 11 is 0. The summed E-state index contributed by atoms with van der Waals surface area (Å²) in [6.45, 7) is 3.57. The lowest BCUT2D eigenvalue weighted by atomic mass is 9.81. The number of aromatic amines is 1. The van der Waals surface area contributed by atoms with Gasteiger partial charge in [0.25, 0.3) is 0 Å². The number of aromatic nitrogens is 3. The van der Waals surface area contributed by atoms with E-state index >= 15 is 0 Å². The Morgan fingerprint density at radius 3 is 2.61 bits per heavy atom. The molecular formula is C16H21F3N4. The second kappa shape index (κ2) is 6.37. The van der Waals surface area contributed by atoms with Gasteiger partial charge in [0.2, 0.25) is 0 Å². The SMILES string of the molecule is CCN(CC1CCC(C(F)(F)F)CC1)c1ncnc2[nH]ccc12. The van der Waals surface area contributed by atoms with E-state index in [1.54, 1.807) is 0 Å². The van der Waals surface area contributed by atoms with Gasteiger partial charge in [0.1, 0.15) is 17.8 Å². The van der Waals surface area contributed by atoms with Crippen LogP contribution in [0.25, 0.3) is 11.0 Å². The second-order valence-electron chi connectivity index (χ2n) is 6.24. The summed E-state index contributed by atoms with van der Waals surface area (Å²) in [5, 5.41) is 0.957. The molecule has 0 saturated heterocycles. The Morgan fingerprint density at radius 1 is 1.22 bits per heavy atom. The van der Waals surface area contributed by atoms with Crippen LogP contribution in [0.4, 0.5) is 19.0 Å². The van der Waals surface area contributed by atoms with Crippen molar-refractivity contribution in [3.8, 4) is 0 Å². The Hall–Kier alpha value is -1.79. The lowest BCUT2D eigenvalue weighted by molar-refractivity contribution is -0.183. The predicted molar refractivity (Wildman–Crippen MR) is 83.3 cm³/mol. The molecule has 3 rings (SSSR count). The average molecular weight is 326 g/mol. The van der Waals surface area contributed by atoms with Crippen molar-refractivity contribution in [1.29, 1.82) is 0 Å². The fourth-order valence-corrected chi connectivity index (χ4v) is 3.46. The summed E-state index contributed by atoms with van der Waals surface area (Å²) in [6, 6.07) is 1.94. The van der Waals surface area contributed by atoms with E-state index in [2.05, 4.69) is 19.9 Å². The van der Waals surface area contributed by atoms with Crippen molar-refractivity contribution >= 4 is 16.9 Å². The molecule has 1 aliphatic rings. The standard InChI is InChI=1S/C16H21F3N4/c1-2-23(15-13-7-8-20-14(13)21-10-22-15)9-11-3-5-12(6-4-11)16(17,18)19/h7-8,10-12H,2-6,9H2,1H3,(H,20,21,22). The van der Waals surface area contributed by atoms with E-state index in [1.807, 2.05) is 19.2 Å². The van der Waals surface area contributed by atoms with Crippen LogP contribution in [0.5, 0.6) is 0 Å². The molecule has 0 spiro atoms. The molecule has 0 unspecified atom stereocenters. The molecule has 0 amide bonds. The van der Waals surface area contributed by atoms with Crippen molar-refractivity contribution in [2.24, 2.45) is 11.8 Å². The molecule has 0 atom stereocenters. The number of anilines is 1. The number of H-pyrrole nitrogens is 1. The second-order valence-corrected chi connectivity index (χ2v) is 6.24. The Balaban J connectivity index is 1.68. The van der Waals surface area contributed by atoms with E-state index in [9.17, 15) is 13.2 Å². The summed E-state index contributed by atoms with van der Waals surface area (Å²) < 4.78 is 38.3. The smallest absolute Gasteiger partial charge is 0.356 e. The van der Waals surface area contributed by atoms with Crippen molar-refractivity contribution in [1.82, 2.24) is 15.0 Å². The number of fused-ring (bicyclic) bond motifs is 1. The molecule has 0 aliphatic heterocycles. The van der Waals surface area contributed by atoms with Gasteiger partial charge in [0.05, 0.1) is 11.3 Å². The number of rotatable bonds is 4. The molecule has 0 aromatic carbocycles. The molecule has 23 heavy (non-hydrogen) atoms. The van der Waals surface area contributed by atoms with E-state index in [4.69, 9.17) is 0 Å². The molecule has 0 radical (unpaired) electrons. The van der Waals surface area contributed by atoms with Crippen LogP contribution in [0.1, 0.15) is 32.6 Å². The molecule has 0 bridgehead atoms. The molecule has 7 heteroatoms. The molecule has 126 valence electrons. The lowest BCUT2D eigenvalue weighted by Gasteiger charge is -2.33. The Morgan fingerprint density at radius 2 is 1.96 bits per heavy atom. The quantitative estimate of drug-likeness (QED) is 0.918. The van der Waals surface area contributed by atoms with Gasteiger partial charge in [-0.15, -0.1) is 0 Å². The number of nitrogens with one attached hydrogen (secondary N) is 1. The van der Waals surface area contributed by atoms with Crippen molar-refractivity contribution in [3.05, 3.63) is 18.6 Å². The molecule has 2 aromatic rings. The largest absolute Gasteiger partial charge is 0.391 e. The minimum absolute atomic E-state index is 0.245. The highest BCUT2D eigenvalue weighted by Crippen LogP contribution is 2.40. The van der Waals surface area contributed by atoms with Gasteiger partial charge in [0.15, 0.2) is 0 Å². The average Bonchev–Trinajstić information content (AvgIpc) is 3.01. The zero-order valence-corrected chi connectivity index (χ0v) is 13.1. The van der Waals surface area contributed by atoms with Gasteiger partial charge < -0.3 is 9.88 Å². The molecule has 2 heterocycles. The summed E-state index contributed by atoms with van der Waals surface area (Å²) in [7, 11) is 0. The van der Waals surface area contributed by atoms with Crippen molar-refractivity contribution in [2.45, 2.75) is 38.8 Å². The van der Waals surface area contributed by atoms with E-state index in [-0.39, 0.29) is 18.8 Å². The van der Waals surface area contributed by atoms with Gasteiger partial charge in [-0.05, 0) is 44.6 Å². The number of hydrogen-bond acceptors (Lipinski definition) is 3. The van der Waals surface area contributed by atoms with Crippen LogP contribution in [0.2, 0.25) is 0 Å². The van der Waals surface area contributed by atoms with Gasteiger partial charge in [-0.2, -0.15) is 13.2 Å². The van der Waals surface area contributed by atoms with Gasteiger partial charge in [0, 0.05) is 19.3 Å². The molecule has 1 saturated carbocycles. The third kappa shape index (κ3) is 3.43. The first-order valence-corrected chi connectivity index (χ1v) is 8.08. The van der Waals surface area contributed by atoms with Crippen LogP contribution < -0.4 is 4.90 Å². The predicted octanol–water partition coefficient (Wildman–Crippen LogP) is 4.15. The fourth-order valence-electron chi connectivity index (χ4n) is 3.46. The highest BCUT2D eigenvalue weighted by molar-refractivity contribution is 5.87. The van der Waals surface area contributed by atoms with E-state index in [0.29, 0.717) is 12.8 Å². The molecule has 1 N–H and O–H groups in total. The summed E-state index contributed by atoms with van der Waals surface area (Å²) in [5.41, 5.74) is 0.786.